The van der Waals surface area contributed by atoms with Crippen LogP contribution < -0.4 is 5.32 Å². The Kier molecular flexibility index (Phi) is 4.01. The molecule has 1 N–H and O–H groups in total. The molecule has 0 bridgehead atoms. The van der Waals surface area contributed by atoms with E-state index in [1.165, 1.54) is 0 Å². The van der Waals surface area contributed by atoms with Gasteiger partial charge in [0.15, 0.2) is 0 Å². The van der Waals surface area contributed by atoms with Crippen molar-refractivity contribution in [2.45, 2.75) is 20.4 Å². The number of carbonyl (C=O) groups is 1. The summed E-state index contributed by atoms with van der Waals surface area (Å²) in [5, 5.41) is 7.48. The molecule has 0 aliphatic heterocycles. The van der Waals surface area contributed by atoms with Gasteiger partial charge in [0.2, 0.25) is 0 Å². The van der Waals surface area contributed by atoms with Gasteiger partial charge in [-0.25, -0.2) is 9.67 Å². The standard InChI is InChI=1S/C20H19N5O/c1-14-19(15(2)25(23-14)17-8-4-3-5-9-17)20(26)21-12-16-13-24-11-7-6-10-18(24)22-16/h3-11,13H,12H2,1-2H3,(H,21,26). The molecular weight excluding hydrogens is 326 g/mol. The topological polar surface area (TPSA) is 64.2 Å². The number of aryl methyl sites for hydroxylation is 1. The Hall–Kier alpha value is -3.41. The highest BCUT2D eigenvalue weighted by Crippen LogP contribution is 2.18. The highest BCUT2D eigenvalue weighted by Gasteiger charge is 2.19. The van der Waals surface area contributed by atoms with E-state index in [0.717, 1.165) is 22.7 Å². The van der Waals surface area contributed by atoms with E-state index >= 15 is 0 Å². The first-order valence-electron chi connectivity index (χ1n) is 8.46. The van der Waals surface area contributed by atoms with Crippen molar-refractivity contribution in [3.05, 3.63) is 83.6 Å². The molecule has 26 heavy (non-hydrogen) atoms. The second-order valence-corrected chi connectivity index (χ2v) is 6.17. The maximum atomic E-state index is 12.7. The molecule has 3 heterocycles. The zero-order chi connectivity index (χ0) is 18.1. The van der Waals surface area contributed by atoms with E-state index in [1.807, 2.05) is 79.2 Å². The van der Waals surface area contributed by atoms with Gasteiger partial charge in [-0.3, -0.25) is 4.79 Å². The van der Waals surface area contributed by atoms with Gasteiger partial charge in [0.05, 0.1) is 34.9 Å². The maximum Gasteiger partial charge on any atom is 0.255 e. The zero-order valence-electron chi connectivity index (χ0n) is 14.7. The minimum Gasteiger partial charge on any atom is -0.346 e. The van der Waals surface area contributed by atoms with Crippen molar-refractivity contribution in [3.63, 3.8) is 0 Å². The predicted octanol–water partition coefficient (Wildman–Crippen LogP) is 3.07. The number of carbonyl (C=O) groups excluding carboxylic acids is 1. The number of nitrogens with zero attached hydrogens (tertiary/aromatic N) is 4. The molecule has 0 radical (unpaired) electrons. The third kappa shape index (κ3) is 2.86. The van der Waals surface area contributed by atoms with E-state index in [9.17, 15) is 4.79 Å². The SMILES string of the molecule is Cc1nn(-c2ccccc2)c(C)c1C(=O)NCc1cn2ccccc2n1. The van der Waals surface area contributed by atoms with E-state index < -0.39 is 0 Å². The van der Waals surface area contributed by atoms with Crippen molar-refractivity contribution >= 4 is 11.6 Å². The smallest absolute Gasteiger partial charge is 0.255 e. The highest BCUT2D eigenvalue weighted by atomic mass is 16.1. The van der Waals surface area contributed by atoms with Crippen molar-refractivity contribution in [1.29, 1.82) is 0 Å². The van der Waals surface area contributed by atoms with Crippen molar-refractivity contribution in [2.24, 2.45) is 0 Å². The maximum absolute atomic E-state index is 12.7. The van der Waals surface area contributed by atoms with Crippen LogP contribution in [-0.4, -0.2) is 25.1 Å². The number of amides is 1. The van der Waals surface area contributed by atoms with Crippen molar-refractivity contribution in [1.82, 2.24) is 24.5 Å². The quantitative estimate of drug-likeness (QED) is 0.618. The summed E-state index contributed by atoms with van der Waals surface area (Å²) in [7, 11) is 0. The van der Waals surface area contributed by atoms with Crippen LogP contribution in [-0.2, 0) is 6.54 Å². The Bertz CT molecular complexity index is 1050. The molecule has 130 valence electrons. The Balaban J connectivity index is 1.55. The lowest BCUT2D eigenvalue weighted by Crippen LogP contribution is -2.24. The molecule has 0 unspecified atom stereocenters. The molecule has 6 heteroatoms. The molecule has 1 aromatic carbocycles. The monoisotopic (exact) mass is 345 g/mol. The molecule has 0 saturated heterocycles. The molecule has 3 aromatic heterocycles. The van der Waals surface area contributed by atoms with Crippen LogP contribution in [0.25, 0.3) is 11.3 Å². The summed E-state index contributed by atoms with van der Waals surface area (Å²) in [5.74, 6) is -0.140. The third-order valence-electron chi connectivity index (χ3n) is 4.36. The Morgan fingerprint density at radius 3 is 2.62 bits per heavy atom. The van der Waals surface area contributed by atoms with Crippen LogP contribution in [0.15, 0.2) is 60.9 Å². The number of fused-ring (bicyclic) bond motifs is 1. The molecule has 4 aromatic rings. The Morgan fingerprint density at radius 2 is 1.85 bits per heavy atom. The van der Waals surface area contributed by atoms with Crippen LogP contribution in [0.2, 0.25) is 0 Å². The van der Waals surface area contributed by atoms with Gasteiger partial charge < -0.3 is 9.72 Å². The van der Waals surface area contributed by atoms with Gasteiger partial charge in [-0.2, -0.15) is 5.10 Å². The van der Waals surface area contributed by atoms with E-state index in [4.69, 9.17) is 0 Å². The van der Waals surface area contributed by atoms with Gasteiger partial charge in [-0.1, -0.05) is 24.3 Å². The van der Waals surface area contributed by atoms with Crippen LogP contribution in [0.1, 0.15) is 27.4 Å². The Labute approximate surface area is 151 Å². The van der Waals surface area contributed by atoms with Gasteiger partial charge >= 0.3 is 0 Å². The van der Waals surface area contributed by atoms with Crippen LogP contribution in [0, 0.1) is 13.8 Å². The van der Waals surface area contributed by atoms with Crippen molar-refractivity contribution < 1.29 is 4.79 Å². The second-order valence-electron chi connectivity index (χ2n) is 6.17. The number of para-hydroxylation sites is 1. The minimum absolute atomic E-state index is 0.140. The summed E-state index contributed by atoms with van der Waals surface area (Å²) in [6.07, 6.45) is 3.86. The van der Waals surface area contributed by atoms with Crippen LogP contribution in [0.5, 0.6) is 0 Å². The van der Waals surface area contributed by atoms with E-state index in [0.29, 0.717) is 17.8 Å². The average Bonchev–Trinajstić information content (AvgIpc) is 3.20. The largest absolute Gasteiger partial charge is 0.346 e. The summed E-state index contributed by atoms with van der Waals surface area (Å²) in [6.45, 7) is 4.13. The van der Waals surface area contributed by atoms with E-state index in [-0.39, 0.29) is 5.91 Å². The second kappa shape index (κ2) is 6.48. The molecule has 0 aliphatic rings. The number of aromatic nitrogens is 4. The molecule has 1 amide bonds. The number of pyridine rings is 1. The van der Waals surface area contributed by atoms with E-state index in [2.05, 4.69) is 15.4 Å². The van der Waals surface area contributed by atoms with Crippen LogP contribution in [0.4, 0.5) is 0 Å². The molecule has 4 rings (SSSR count). The highest BCUT2D eigenvalue weighted by molar-refractivity contribution is 5.96. The molecule has 0 spiro atoms. The lowest BCUT2D eigenvalue weighted by atomic mass is 10.2. The first-order valence-corrected chi connectivity index (χ1v) is 8.46. The van der Waals surface area contributed by atoms with Gasteiger partial charge in [0.25, 0.3) is 5.91 Å². The zero-order valence-corrected chi connectivity index (χ0v) is 14.7. The fourth-order valence-corrected chi connectivity index (χ4v) is 3.12. The first-order chi connectivity index (χ1) is 12.6. The summed E-state index contributed by atoms with van der Waals surface area (Å²) in [4.78, 5) is 17.2. The van der Waals surface area contributed by atoms with Crippen LogP contribution in [0.3, 0.4) is 0 Å². The van der Waals surface area contributed by atoms with Crippen molar-refractivity contribution in [3.8, 4) is 5.69 Å². The summed E-state index contributed by atoms with van der Waals surface area (Å²) in [5.41, 5.74) is 4.75. The molecule has 0 aliphatic carbocycles. The van der Waals surface area contributed by atoms with Gasteiger partial charge in [-0.05, 0) is 38.1 Å². The third-order valence-corrected chi connectivity index (χ3v) is 4.36. The first kappa shape index (κ1) is 16.1. The number of nitrogens with one attached hydrogen (secondary N) is 1. The lowest BCUT2D eigenvalue weighted by molar-refractivity contribution is 0.0949. The summed E-state index contributed by atoms with van der Waals surface area (Å²) in [6, 6.07) is 15.6. The normalized spacial score (nSPS) is 11.0. The van der Waals surface area contributed by atoms with Gasteiger partial charge in [0.1, 0.15) is 5.65 Å². The predicted molar refractivity (Wildman–Crippen MR) is 99.4 cm³/mol. The fourth-order valence-electron chi connectivity index (χ4n) is 3.12. The van der Waals surface area contributed by atoms with Crippen molar-refractivity contribution in [2.75, 3.05) is 0 Å². The molecular formula is C20H19N5O. The number of benzene rings is 1. The fraction of sp³-hybridized carbons (Fsp3) is 0.150. The van der Waals surface area contributed by atoms with Gasteiger partial charge in [-0.15, -0.1) is 0 Å². The molecule has 0 fully saturated rings. The minimum atomic E-state index is -0.140. The lowest BCUT2D eigenvalue weighted by Gasteiger charge is -2.06. The van der Waals surface area contributed by atoms with E-state index in [1.54, 1.807) is 4.68 Å². The summed E-state index contributed by atoms with van der Waals surface area (Å²) < 4.78 is 3.74. The molecule has 6 nitrogen and oxygen atoms in total. The van der Waals surface area contributed by atoms with Gasteiger partial charge in [0, 0.05) is 12.4 Å². The number of rotatable bonds is 4. The average molecular weight is 345 g/mol. The molecule has 0 atom stereocenters. The number of imidazole rings is 1. The summed E-state index contributed by atoms with van der Waals surface area (Å²) >= 11 is 0. The number of hydrogen-bond donors (Lipinski definition) is 1. The Morgan fingerprint density at radius 1 is 1.08 bits per heavy atom. The number of hydrogen-bond acceptors (Lipinski definition) is 3. The molecule has 0 saturated carbocycles. The van der Waals surface area contributed by atoms with Crippen LogP contribution >= 0.6 is 0 Å².